The number of fused-ring (bicyclic) bond motifs is 1. The molecule has 0 fully saturated rings. The second-order valence-corrected chi connectivity index (χ2v) is 6.74. The van der Waals surface area contributed by atoms with Crippen LogP contribution in [0.25, 0.3) is 16.6 Å². The quantitative estimate of drug-likeness (QED) is 0.503. The molecule has 1 aromatic heterocycles. The highest BCUT2D eigenvalue weighted by Crippen LogP contribution is 2.15. The van der Waals surface area contributed by atoms with E-state index in [0.717, 1.165) is 0 Å². The molecule has 0 radical (unpaired) electrons. The zero-order chi connectivity index (χ0) is 21.8. The second-order valence-electron chi connectivity index (χ2n) is 6.74. The van der Waals surface area contributed by atoms with E-state index in [2.05, 4.69) is 10.3 Å². The molecule has 4 aromatic rings. The Balaban J connectivity index is 1.57. The largest absolute Gasteiger partial charge is 0.462 e. The zero-order valence-electron chi connectivity index (χ0n) is 16.7. The fraction of sp³-hybridized carbons (Fsp3) is 0.0833. The maximum atomic E-state index is 12.8. The Morgan fingerprint density at radius 2 is 1.74 bits per heavy atom. The molecular formula is C24H19N3O4. The maximum Gasteiger partial charge on any atom is 0.338 e. The fourth-order valence-electron chi connectivity index (χ4n) is 3.16. The van der Waals surface area contributed by atoms with Crippen LogP contribution < -0.4 is 10.9 Å². The van der Waals surface area contributed by atoms with E-state index in [9.17, 15) is 14.4 Å². The van der Waals surface area contributed by atoms with Crippen molar-refractivity contribution < 1.29 is 14.3 Å². The summed E-state index contributed by atoms with van der Waals surface area (Å²) in [5.41, 5.74) is 2.26. The highest BCUT2D eigenvalue weighted by Gasteiger charge is 2.11. The maximum absolute atomic E-state index is 12.8. The van der Waals surface area contributed by atoms with Gasteiger partial charge in [0.1, 0.15) is 6.33 Å². The molecule has 1 amide bonds. The minimum atomic E-state index is -0.414. The Hall–Kier alpha value is -4.26. The molecule has 0 aliphatic carbocycles. The Morgan fingerprint density at radius 1 is 0.968 bits per heavy atom. The van der Waals surface area contributed by atoms with Gasteiger partial charge >= 0.3 is 5.97 Å². The molecule has 0 aliphatic heterocycles. The van der Waals surface area contributed by atoms with Gasteiger partial charge in [0.15, 0.2) is 0 Å². The van der Waals surface area contributed by atoms with Crippen molar-refractivity contribution >= 4 is 28.5 Å². The molecule has 3 aromatic carbocycles. The van der Waals surface area contributed by atoms with Crippen LogP contribution in [0.1, 0.15) is 27.6 Å². The van der Waals surface area contributed by atoms with Crippen molar-refractivity contribution in [3.8, 4) is 5.69 Å². The number of hydrogen-bond acceptors (Lipinski definition) is 5. The molecular weight excluding hydrogens is 394 g/mol. The van der Waals surface area contributed by atoms with E-state index >= 15 is 0 Å². The lowest BCUT2D eigenvalue weighted by Crippen LogP contribution is -2.19. The summed E-state index contributed by atoms with van der Waals surface area (Å²) in [7, 11) is 0. The van der Waals surface area contributed by atoms with Gasteiger partial charge in [-0.3, -0.25) is 14.2 Å². The van der Waals surface area contributed by atoms with Crippen LogP contribution in [0.3, 0.4) is 0 Å². The highest BCUT2D eigenvalue weighted by molar-refractivity contribution is 6.04. The number of nitrogens with zero attached hydrogens (tertiary/aromatic N) is 2. The molecule has 0 saturated heterocycles. The van der Waals surface area contributed by atoms with Crippen molar-refractivity contribution in [1.29, 1.82) is 0 Å². The van der Waals surface area contributed by atoms with Crippen molar-refractivity contribution in [1.82, 2.24) is 9.55 Å². The van der Waals surface area contributed by atoms with Crippen molar-refractivity contribution in [2.24, 2.45) is 0 Å². The standard InChI is InChI=1S/C24H19N3O4/c1-2-31-24(30)16-10-12-18(13-11-16)26-22(28)17-6-5-7-19(14-17)27-15-25-21-9-4-3-8-20(21)23(27)29/h3-15H,2H2,1H3,(H,26,28). The summed E-state index contributed by atoms with van der Waals surface area (Å²) in [5, 5.41) is 3.29. The van der Waals surface area contributed by atoms with E-state index in [1.165, 1.54) is 10.9 Å². The number of nitrogens with one attached hydrogen (secondary N) is 1. The normalized spacial score (nSPS) is 10.6. The molecule has 0 atom stereocenters. The Bertz CT molecular complexity index is 1330. The number of benzene rings is 3. The third-order valence-electron chi connectivity index (χ3n) is 4.71. The first-order valence-corrected chi connectivity index (χ1v) is 9.72. The van der Waals surface area contributed by atoms with Gasteiger partial charge in [-0.2, -0.15) is 0 Å². The smallest absolute Gasteiger partial charge is 0.338 e. The summed E-state index contributed by atoms with van der Waals surface area (Å²) in [6, 6.07) is 20.3. The molecule has 0 unspecified atom stereocenters. The minimum absolute atomic E-state index is 0.210. The lowest BCUT2D eigenvalue weighted by Gasteiger charge is -2.10. The molecule has 0 spiro atoms. The van der Waals surface area contributed by atoms with Gasteiger partial charge in [-0.1, -0.05) is 18.2 Å². The van der Waals surface area contributed by atoms with Crippen LogP contribution in [0.15, 0.2) is 83.9 Å². The molecule has 1 N–H and O–H groups in total. The summed E-state index contributed by atoms with van der Waals surface area (Å²) in [6.07, 6.45) is 1.45. The first-order valence-electron chi connectivity index (χ1n) is 9.72. The predicted octanol–water partition coefficient (Wildman–Crippen LogP) is 3.81. The number of ether oxygens (including phenoxy) is 1. The first kappa shape index (κ1) is 20.0. The van der Waals surface area contributed by atoms with E-state index in [1.807, 2.05) is 6.07 Å². The lowest BCUT2D eigenvalue weighted by molar-refractivity contribution is 0.0526. The number of hydrogen-bond donors (Lipinski definition) is 1. The van der Waals surface area contributed by atoms with Crippen molar-refractivity contribution in [2.45, 2.75) is 6.92 Å². The van der Waals surface area contributed by atoms with Gasteiger partial charge in [0.2, 0.25) is 0 Å². The second kappa shape index (κ2) is 8.62. The number of carbonyl (C=O) groups is 2. The number of rotatable bonds is 5. The van der Waals surface area contributed by atoms with Gasteiger partial charge in [-0.25, -0.2) is 9.78 Å². The van der Waals surface area contributed by atoms with E-state index in [-0.39, 0.29) is 11.5 Å². The number of carbonyl (C=O) groups excluding carboxylic acids is 2. The van der Waals surface area contributed by atoms with Crippen LogP contribution in [0.5, 0.6) is 0 Å². The van der Waals surface area contributed by atoms with Gasteiger partial charge < -0.3 is 10.1 Å². The topological polar surface area (TPSA) is 90.3 Å². The summed E-state index contributed by atoms with van der Waals surface area (Å²) < 4.78 is 6.36. The summed E-state index contributed by atoms with van der Waals surface area (Å²) in [6.45, 7) is 2.03. The fourth-order valence-corrected chi connectivity index (χ4v) is 3.16. The number of amides is 1. The molecule has 0 aliphatic rings. The third-order valence-corrected chi connectivity index (χ3v) is 4.71. The molecule has 31 heavy (non-hydrogen) atoms. The molecule has 7 nitrogen and oxygen atoms in total. The first-order chi connectivity index (χ1) is 15.1. The monoisotopic (exact) mass is 413 g/mol. The third kappa shape index (κ3) is 4.20. The van der Waals surface area contributed by atoms with Crippen LogP contribution in [0, 0.1) is 0 Å². The summed E-state index contributed by atoms with van der Waals surface area (Å²) in [5.74, 6) is -0.755. The number of para-hydroxylation sites is 1. The average molecular weight is 413 g/mol. The van der Waals surface area contributed by atoms with Crippen LogP contribution >= 0.6 is 0 Å². The molecule has 7 heteroatoms. The minimum Gasteiger partial charge on any atom is -0.462 e. The average Bonchev–Trinajstić information content (AvgIpc) is 2.80. The molecule has 0 bridgehead atoms. The van der Waals surface area contributed by atoms with Gasteiger partial charge in [0, 0.05) is 11.3 Å². The zero-order valence-corrected chi connectivity index (χ0v) is 16.7. The lowest BCUT2D eigenvalue weighted by atomic mass is 10.1. The van der Waals surface area contributed by atoms with Crippen LogP contribution in [0.2, 0.25) is 0 Å². The van der Waals surface area contributed by atoms with E-state index in [0.29, 0.717) is 40.0 Å². The number of anilines is 1. The molecule has 0 saturated carbocycles. The Kier molecular flexibility index (Phi) is 5.57. The molecule has 1 heterocycles. The van der Waals surface area contributed by atoms with E-state index in [4.69, 9.17) is 4.74 Å². The van der Waals surface area contributed by atoms with Crippen LogP contribution in [0.4, 0.5) is 5.69 Å². The van der Waals surface area contributed by atoms with Gasteiger partial charge in [-0.15, -0.1) is 0 Å². The van der Waals surface area contributed by atoms with Crippen LogP contribution in [-0.2, 0) is 4.74 Å². The number of esters is 1. The van der Waals surface area contributed by atoms with Gasteiger partial charge in [0.05, 0.1) is 28.8 Å². The predicted molar refractivity (Wildman–Crippen MR) is 118 cm³/mol. The van der Waals surface area contributed by atoms with Crippen molar-refractivity contribution in [2.75, 3.05) is 11.9 Å². The number of aromatic nitrogens is 2. The van der Waals surface area contributed by atoms with Crippen molar-refractivity contribution in [3.05, 3.63) is 101 Å². The Labute approximate surface area is 177 Å². The highest BCUT2D eigenvalue weighted by atomic mass is 16.5. The van der Waals surface area contributed by atoms with Crippen molar-refractivity contribution in [3.63, 3.8) is 0 Å². The van der Waals surface area contributed by atoms with Gasteiger partial charge in [-0.05, 0) is 61.5 Å². The molecule has 4 rings (SSSR count). The van der Waals surface area contributed by atoms with Crippen LogP contribution in [-0.4, -0.2) is 28.0 Å². The van der Waals surface area contributed by atoms with Gasteiger partial charge in [0.25, 0.3) is 11.5 Å². The van der Waals surface area contributed by atoms with E-state index < -0.39 is 5.97 Å². The summed E-state index contributed by atoms with van der Waals surface area (Å²) >= 11 is 0. The Morgan fingerprint density at radius 3 is 2.52 bits per heavy atom. The molecule has 154 valence electrons. The van der Waals surface area contributed by atoms with E-state index in [1.54, 1.807) is 73.7 Å². The summed E-state index contributed by atoms with van der Waals surface area (Å²) in [4.78, 5) is 41.6. The SMILES string of the molecule is CCOC(=O)c1ccc(NC(=O)c2cccc(-n3cnc4ccccc4c3=O)c2)cc1.